The zero-order valence-corrected chi connectivity index (χ0v) is 13.0. The number of hydrogen-bond donors (Lipinski definition) is 1. The molecule has 0 saturated heterocycles. The quantitative estimate of drug-likeness (QED) is 0.654. The first kappa shape index (κ1) is 14.4. The van der Waals surface area contributed by atoms with E-state index in [2.05, 4.69) is 26.2 Å². The predicted molar refractivity (Wildman–Crippen MR) is 86.8 cm³/mol. The van der Waals surface area contributed by atoms with E-state index >= 15 is 0 Å². The van der Waals surface area contributed by atoms with E-state index in [1.807, 2.05) is 6.07 Å². The minimum absolute atomic E-state index is 0.0188. The largest absolute Gasteiger partial charge is 0.320 e. The monoisotopic (exact) mass is 359 g/mol. The molecule has 7 heteroatoms. The Bertz CT molecular complexity index is 846. The molecule has 3 rings (SSSR count). The molecular formula is C15H10BrN3O3. The third kappa shape index (κ3) is 2.50. The Hall–Kier alpha value is -2.54. The van der Waals surface area contributed by atoms with E-state index in [0.29, 0.717) is 22.5 Å². The fourth-order valence-electron chi connectivity index (χ4n) is 2.23. The Morgan fingerprint density at radius 3 is 2.73 bits per heavy atom. The highest BCUT2D eigenvalue weighted by Gasteiger charge is 2.26. The molecule has 0 atom stereocenters. The van der Waals surface area contributed by atoms with E-state index in [-0.39, 0.29) is 17.3 Å². The van der Waals surface area contributed by atoms with Gasteiger partial charge in [-0.3, -0.25) is 14.9 Å². The lowest BCUT2D eigenvalue weighted by Crippen LogP contribution is -2.13. The summed E-state index contributed by atoms with van der Waals surface area (Å²) in [4.78, 5) is 26.9. The molecule has 0 bridgehead atoms. The van der Waals surface area contributed by atoms with Gasteiger partial charge in [-0.25, -0.2) is 4.99 Å². The fourth-order valence-corrected chi connectivity index (χ4v) is 2.59. The number of halogens is 1. The number of amides is 1. The molecule has 0 aromatic heterocycles. The number of hydrogen-bond acceptors (Lipinski definition) is 4. The van der Waals surface area contributed by atoms with Crippen molar-refractivity contribution >= 4 is 44.6 Å². The van der Waals surface area contributed by atoms with Gasteiger partial charge in [0.1, 0.15) is 5.71 Å². The van der Waals surface area contributed by atoms with E-state index in [4.69, 9.17) is 0 Å². The number of nitrogens with zero attached hydrogens (tertiary/aromatic N) is 2. The first-order chi connectivity index (χ1) is 10.5. The van der Waals surface area contributed by atoms with Gasteiger partial charge in [-0.05, 0) is 31.2 Å². The van der Waals surface area contributed by atoms with Crippen LogP contribution in [0.4, 0.5) is 17.1 Å². The summed E-state index contributed by atoms with van der Waals surface area (Å²) in [5, 5.41) is 13.7. The van der Waals surface area contributed by atoms with Gasteiger partial charge in [0.2, 0.25) is 0 Å². The minimum Gasteiger partial charge on any atom is -0.320 e. The summed E-state index contributed by atoms with van der Waals surface area (Å²) in [6.45, 7) is 1.66. The molecule has 22 heavy (non-hydrogen) atoms. The van der Waals surface area contributed by atoms with Crippen LogP contribution in [0, 0.1) is 17.0 Å². The lowest BCUT2D eigenvalue weighted by Gasteiger charge is -2.01. The summed E-state index contributed by atoms with van der Waals surface area (Å²) in [5.74, 6) is -0.323. The first-order valence-electron chi connectivity index (χ1n) is 6.41. The minimum atomic E-state index is -0.460. The van der Waals surface area contributed by atoms with Crippen molar-refractivity contribution in [3.63, 3.8) is 0 Å². The first-order valence-corrected chi connectivity index (χ1v) is 7.20. The van der Waals surface area contributed by atoms with Crippen LogP contribution < -0.4 is 5.32 Å². The molecule has 2 aromatic rings. The molecule has 1 amide bonds. The lowest BCUT2D eigenvalue weighted by atomic mass is 10.1. The molecule has 1 heterocycles. The Balaban J connectivity index is 2.10. The zero-order chi connectivity index (χ0) is 15.9. The number of nitro groups is 1. The van der Waals surface area contributed by atoms with Crippen LogP contribution in [-0.2, 0) is 4.79 Å². The average Bonchev–Trinajstić information content (AvgIpc) is 2.76. The topological polar surface area (TPSA) is 84.6 Å². The summed E-state index contributed by atoms with van der Waals surface area (Å²) in [5.41, 5.74) is 2.49. The third-order valence-electron chi connectivity index (χ3n) is 3.33. The number of anilines is 1. The Labute approximate surface area is 134 Å². The summed E-state index contributed by atoms with van der Waals surface area (Å²) < 4.78 is 0.824. The number of nitrogens with one attached hydrogen (secondary N) is 1. The number of benzene rings is 2. The van der Waals surface area contributed by atoms with E-state index in [0.717, 1.165) is 4.47 Å². The van der Waals surface area contributed by atoms with Gasteiger partial charge in [-0.1, -0.05) is 22.0 Å². The van der Waals surface area contributed by atoms with Gasteiger partial charge >= 0.3 is 0 Å². The van der Waals surface area contributed by atoms with Crippen molar-refractivity contribution in [1.82, 2.24) is 0 Å². The number of rotatable bonds is 2. The molecular weight excluding hydrogens is 350 g/mol. The highest BCUT2D eigenvalue weighted by atomic mass is 79.9. The van der Waals surface area contributed by atoms with Gasteiger partial charge in [0.25, 0.3) is 11.6 Å². The summed E-state index contributed by atoms with van der Waals surface area (Å²) in [7, 11) is 0. The van der Waals surface area contributed by atoms with Crippen LogP contribution in [0.5, 0.6) is 0 Å². The molecule has 0 fully saturated rings. The van der Waals surface area contributed by atoms with Crippen molar-refractivity contribution in [1.29, 1.82) is 0 Å². The highest BCUT2D eigenvalue weighted by Crippen LogP contribution is 2.30. The van der Waals surface area contributed by atoms with Crippen LogP contribution in [0.2, 0.25) is 0 Å². The van der Waals surface area contributed by atoms with Gasteiger partial charge in [0.05, 0.1) is 16.3 Å². The van der Waals surface area contributed by atoms with Gasteiger partial charge in [-0.15, -0.1) is 0 Å². The Morgan fingerprint density at radius 2 is 2.00 bits per heavy atom. The van der Waals surface area contributed by atoms with Crippen molar-refractivity contribution in [2.75, 3.05) is 5.32 Å². The highest BCUT2D eigenvalue weighted by molar-refractivity contribution is 9.10. The Kier molecular flexibility index (Phi) is 3.50. The number of aliphatic imine (C=N–C) groups is 1. The molecule has 0 radical (unpaired) electrons. The van der Waals surface area contributed by atoms with Crippen molar-refractivity contribution in [2.24, 2.45) is 4.99 Å². The van der Waals surface area contributed by atoms with E-state index in [1.54, 1.807) is 31.2 Å². The van der Waals surface area contributed by atoms with Gasteiger partial charge in [0.15, 0.2) is 0 Å². The van der Waals surface area contributed by atoms with Crippen LogP contribution in [-0.4, -0.2) is 16.5 Å². The second-order valence-corrected chi connectivity index (χ2v) is 5.75. The van der Waals surface area contributed by atoms with Crippen molar-refractivity contribution in [2.45, 2.75) is 6.92 Å². The predicted octanol–water partition coefficient (Wildman–Crippen LogP) is 3.74. The zero-order valence-electron chi connectivity index (χ0n) is 11.5. The lowest BCUT2D eigenvalue weighted by molar-refractivity contribution is -0.385. The van der Waals surface area contributed by atoms with E-state index in [9.17, 15) is 14.9 Å². The van der Waals surface area contributed by atoms with Crippen LogP contribution in [0.25, 0.3) is 0 Å². The Morgan fingerprint density at radius 1 is 1.23 bits per heavy atom. The van der Waals surface area contributed by atoms with Crippen LogP contribution >= 0.6 is 15.9 Å². The molecule has 6 nitrogen and oxygen atoms in total. The smallest absolute Gasteiger partial charge is 0.275 e. The molecule has 2 aromatic carbocycles. The molecule has 0 unspecified atom stereocenters. The van der Waals surface area contributed by atoms with Gasteiger partial charge in [-0.2, -0.15) is 0 Å². The maximum atomic E-state index is 12.0. The number of fused-ring (bicyclic) bond motifs is 1. The standard InChI is InChI=1S/C15H10BrN3O3/c1-8-2-4-10(7-13(8)19(21)22)17-14-11-6-9(16)3-5-12(11)18-15(14)20/h2-7H,1H3,(H,17,18,20). The maximum Gasteiger partial charge on any atom is 0.275 e. The number of aryl methyl sites for hydroxylation is 1. The van der Waals surface area contributed by atoms with E-state index < -0.39 is 4.92 Å². The molecule has 0 spiro atoms. The molecule has 1 aliphatic rings. The fraction of sp³-hybridized carbons (Fsp3) is 0.0667. The maximum absolute atomic E-state index is 12.0. The average molecular weight is 360 g/mol. The van der Waals surface area contributed by atoms with Gasteiger partial charge in [0, 0.05) is 21.7 Å². The van der Waals surface area contributed by atoms with E-state index in [1.165, 1.54) is 6.07 Å². The van der Waals surface area contributed by atoms with Crippen LogP contribution in [0.3, 0.4) is 0 Å². The summed E-state index contributed by atoms with van der Waals surface area (Å²) in [6.07, 6.45) is 0. The molecule has 1 N–H and O–H groups in total. The van der Waals surface area contributed by atoms with Crippen LogP contribution in [0.1, 0.15) is 11.1 Å². The van der Waals surface area contributed by atoms with Crippen LogP contribution in [0.15, 0.2) is 45.9 Å². The normalized spacial score (nSPS) is 14.8. The molecule has 0 aliphatic carbocycles. The molecule has 1 aliphatic heterocycles. The van der Waals surface area contributed by atoms with Crippen molar-refractivity contribution in [3.05, 3.63) is 62.1 Å². The second kappa shape index (κ2) is 5.34. The van der Waals surface area contributed by atoms with Crippen molar-refractivity contribution < 1.29 is 9.72 Å². The second-order valence-electron chi connectivity index (χ2n) is 4.83. The number of carbonyl (C=O) groups excluding carboxylic acids is 1. The number of nitro benzene ring substituents is 1. The third-order valence-corrected chi connectivity index (χ3v) is 3.82. The SMILES string of the molecule is Cc1ccc(N=C2C(=O)Nc3ccc(Br)cc32)cc1[N+](=O)[O-]. The summed E-state index contributed by atoms with van der Waals surface area (Å²) >= 11 is 3.35. The molecule has 110 valence electrons. The number of carbonyl (C=O) groups is 1. The van der Waals surface area contributed by atoms with Crippen molar-refractivity contribution in [3.8, 4) is 0 Å². The molecule has 0 saturated carbocycles. The van der Waals surface area contributed by atoms with Gasteiger partial charge < -0.3 is 5.32 Å². The summed E-state index contributed by atoms with van der Waals surface area (Å²) in [6, 6.07) is 10.0.